The van der Waals surface area contributed by atoms with E-state index < -0.39 is 0 Å². The molecular formula is C29H33N7O3. The molecule has 1 aliphatic rings. The van der Waals surface area contributed by atoms with Gasteiger partial charge in [0.2, 0.25) is 5.91 Å². The van der Waals surface area contributed by atoms with Crippen LogP contribution in [-0.4, -0.2) is 64.7 Å². The molecule has 39 heavy (non-hydrogen) atoms. The summed E-state index contributed by atoms with van der Waals surface area (Å²) in [7, 11) is 0. The second-order valence-corrected chi connectivity index (χ2v) is 10.6. The van der Waals surface area contributed by atoms with Crippen LogP contribution in [-0.2, 0) is 14.9 Å². The lowest BCUT2D eigenvalue weighted by atomic mass is 9.85. The van der Waals surface area contributed by atoms with E-state index in [2.05, 4.69) is 56.8 Å². The van der Waals surface area contributed by atoms with Gasteiger partial charge in [-0.15, -0.1) is 0 Å². The minimum atomic E-state index is -0.317. The molecule has 3 heterocycles. The molecule has 4 aromatic rings. The van der Waals surface area contributed by atoms with Crippen molar-refractivity contribution in [1.29, 1.82) is 0 Å². The van der Waals surface area contributed by atoms with E-state index in [0.717, 1.165) is 35.2 Å². The Balaban J connectivity index is 1.34. The van der Waals surface area contributed by atoms with Gasteiger partial charge in [0.05, 0.1) is 37.0 Å². The van der Waals surface area contributed by atoms with E-state index >= 15 is 0 Å². The smallest absolute Gasteiger partial charge is 0.259 e. The molecule has 1 saturated heterocycles. The number of carbonyl (C=O) groups excluding carboxylic acids is 2. The standard InChI is InChI=1S/C29H33N7O3/c1-29(2,3)23-9-8-21(16-25(23)34-26(37)18-36-11-13-39-14-12-36)33-28(38)22-5-4-10-30-27(22)32-20-7-6-19-17-31-35-24(19)15-20/h4-10,15-17H,11-14,18H2,1-3H3,(H,30,32)(H,31,35)(H,33,38)(H,34,37). The highest BCUT2D eigenvalue weighted by atomic mass is 16.5. The van der Waals surface area contributed by atoms with Crippen LogP contribution >= 0.6 is 0 Å². The fourth-order valence-corrected chi connectivity index (χ4v) is 4.57. The zero-order chi connectivity index (χ0) is 27.4. The molecule has 202 valence electrons. The number of rotatable bonds is 7. The minimum absolute atomic E-state index is 0.0983. The molecular weight excluding hydrogens is 494 g/mol. The predicted molar refractivity (Wildman–Crippen MR) is 153 cm³/mol. The van der Waals surface area contributed by atoms with E-state index in [0.29, 0.717) is 42.5 Å². The summed E-state index contributed by atoms with van der Waals surface area (Å²) in [5.74, 6) is 0.0143. The van der Waals surface area contributed by atoms with Gasteiger partial charge in [-0.05, 0) is 53.4 Å². The molecule has 4 N–H and O–H groups in total. The second-order valence-electron chi connectivity index (χ2n) is 10.6. The van der Waals surface area contributed by atoms with Crippen molar-refractivity contribution in [2.45, 2.75) is 26.2 Å². The van der Waals surface area contributed by atoms with Gasteiger partial charge in [-0.3, -0.25) is 19.6 Å². The molecule has 2 aromatic carbocycles. The fourth-order valence-electron chi connectivity index (χ4n) is 4.57. The average molecular weight is 528 g/mol. The molecule has 2 aromatic heterocycles. The lowest BCUT2D eigenvalue weighted by molar-refractivity contribution is -0.118. The predicted octanol–water partition coefficient (Wildman–Crippen LogP) is 4.52. The zero-order valence-electron chi connectivity index (χ0n) is 22.4. The molecule has 1 aliphatic heterocycles. The van der Waals surface area contributed by atoms with Crippen molar-refractivity contribution < 1.29 is 14.3 Å². The summed E-state index contributed by atoms with van der Waals surface area (Å²) < 4.78 is 5.38. The number of anilines is 4. The molecule has 0 spiro atoms. The molecule has 0 bridgehead atoms. The molecule has 0 unspecified atom stereocenters. The van der Waals surface area contributed by atoms with E-state index in [4.69, 9.17) is 4.74 Å². The SMILES string of the molecule is CC(C)(C)c1ccc(NC(=O)c2cccnc2Nc2ccc3cn[nH]c3c2)cc1NC(=O)CN1CCOCC1. The van der Waals surface area contributed by atoms with Crippen LogP contribution in [0.2, 0.25) is 0 Å². The first-order valence-corrected chi connectivity index (χ1v) is 13.0. The van der Waals surface area contributed by atoms with Gasteiger partial charge < -0.3 is 20.7 Å². The number of morpholine rings is 1. The number of fused-ring (bicyclic) bond motifs is 1. The van der Waals surface area contributed by atoms with Crippen LogP contribution in [0.4, 0.5) is 22.9 Å². The van der Waals surface area contributed by atoms with Gasteiger partial charge in [-0.1, -0.05) is 26.8 Å². The van der Waals surface area contributed by atoms with Crippen molar-refractivity contribution in [1.82, 2.24) is 20.1 Å². The first-order valence-electron chi connectivity index (χ1n) is 13.0. The number of hydrogen-bond donors (Lipinski definition) is 4. The number of hydrogen-bond acceptors (Lipinski definition) is 7. The number of ether oxygens (including phenoxy) is 1. The molecule has 0 radical (unpaired) electrons. The Labute approximate surface area is 227 Å². The number of carbonyl (C=O) groups is 2. The summed E-state index contributed by atoms with van der Waals surface area (Å²) in [5.41, 5.74) is 4.07. The van der Waals surface area contributed by atoms with Gasteiger partial charge in [0.15, 0.2) is 0 Å². The van der Waals surface area contributed by atoms with Gasteiger partial charge in [-0.25, -0.2) is 4.98 Å². The van der Waals surface area contributed by atoms with Crippen LogP contribution in [0, 0.1) is 0 Å². The maximum atomic E-state index is 13.4. The van der Waals surface area contributed by atoms with Crippen LogP contribution in [0.3, 0.4) is 0 Å². The third-order valence-corrected chi connectivity index (χ3v) is 6.59. The Bertz CT molecular complexity index is 1490. The maximum absolute atomic E-state index is 13.4. The van der Waals surface area contributed by atoms with Crippen molar-refractivity contribution in [2.24, 2.45) is 0 Å². The summed E-state index contributed by atoms with van der Waals surface area (Å²) in [6, 6.07) is 14.8. The van der Waals surface area contributed by atoms with Crippen molar-refractivity contribution in [3.8, 4) is 0 Å². The first-order chi connectivity index (χ1) is 18.8. The minimum Gasteiger partial charge on any atom is -0.379 e. The van der Waals surface area contributed by atoms with E-state index in [1.54, 1.807) is 24.5 Å². The average Bonchev–Trinajstić information content (AvgIpc) is 3.37. The Morgan fingerprint density at radius 2 is 1.82 bits per heavy atom. The molecule has 0 saturated carbocycles. The first kappa shape index (κ1) is 26.3. The molecule has 0 atom stereocenters. The van der Waals surface area contributed by atoms with Crippen LogP contribution in [0.15, 0.2) is 60.9 Å². The van der Waals surface area contributed by atoms with Crippen LogP contribution in [0.25, 0.3) is 10.9 Å². The van der Waals surface area contributed by atoms with Gasteiger partial charge >= 0.3 is 0 Å². The summed E-state index contributed by atoms with van der Waals surface area (Å²) in [6.07, 6.45) is 3.39. The summed E-state index contributed by atoms with van der Waals surface area (Å²) in [4.78, 5) is 32.7. The van der Waals surface area contributed by atoms with E-state index in [9.17, 15) is 9.59 Å². The van der Waals surface area contributed by atoms with Crippen molar-refractivity contribution in [3.05, 3.63) is 72.1 Å². The third-order valence-electron chi connectivity index (χ3n) is 6.59. The van der Waals surface area contributed by atoms with Crippen molar-refractivity contribution in [2.75, 3.05) is 48.8 Å². The summed E-state index contributed by atoms with van der Waals surface area (Å²) in [5, 5.41) is 17.3. The largest absolute Gasteiger partial charge is 0.379 e. The molecule has 5 rings (SSSR count). The Hall–Kier alpha value is -4.28. The number of nitrogens with zero attached hydrogens (tertiary/aromatic N) is 3. The van der Waals surface area contributed by atoms with Gasteiger partial charge in [0.1, 0.15) is 5.82 Å². The molecule has 10 nitrogen and oxygen atoms in total. The molecule has 0 aliphatic carbocycles. The van der Waals surface area contributed by atoms with Crippen molar-refractivity contribution >= 4 is 45.6 Å². The highest BCUT2D eigenvalue weighted by Gasteiger charge is 2.22. The third kappa shape index (κ3) is 6.42. The topological polar surface area (TPSA) is 124 Å². The number of nitrogens with one attached hydrogen (secondary N) is 4. The number of H-pyrrole nitrogens is 1. The Morgan fingerprint density at radius 3 is 2.62 bits per heavy atom. The number of benzene rings is 2. The van der Waals surface area contributed by atoms with Crippen LogP contribution in [0.1, 0.15) is 36.7 Å². The highest BCUT2D eigenvalue weighted by Crippen LogP contribution is 2.32. The highest BCUT2D eigenvalue weighted by molar-refractivity contribution is 6.08. The number of amides is 2. The monoisotopic (exact) mass is 527 g/mol. The second kappa shape index (κ2) is 11.2. The number of pyridine rings is 1. The zero-order valence-corrected chi connectivity index (χ0v) is 22.4. The van der Waals surface area contributed by atoms with E-state index in [1.165, 1.54) is 0 Å². The van der Waals surface area contributed by atoms with Gasteiger partial charge in [0, 0.05) is 41.7 Å². The Morgan fingerprint density at radius 1 is 1.03 bits per heavy atom. The number of aromatic nitrogens is 3. The fraction of sp³-hybridized carbons (Fsp3) is 0.310. The molecule has 10 heteroatoms. The van der Waals surface area contributed by atoms with Gasteiger partial charge in [-0.2, -0.15) is 5.10 Å². The van der Waals surface area contributed by atoms with Crippen LogP contribution < -0.4 is 16.0 Å². The Kier molecular flexibility index (Phi) is 7.58. The maximum Gasteiger partial charge on any atom is 0.259 e. The lowest BCUT2D eigenvalue weighted by Gasteiger charge is -2.27. The lowest BCUT2D eigenvalue weighted by Crippen LogP contribution is -2.41. The van der Waals surface area contributed by atoms with Crippen LogP contribution in [0.5, 0.6) is 0 Å². The van der Waals surface area contributed by atoms with E-state index in [1.807, 2.05) is 36.4 Å². The normalized spacial score (nSPS) is 14.2. The summed E-state index contributed by atoms with van der Waals surface area (Å²) >= 11 is 0. The number of aromatic amines is 1. The van der Waals surface area contributed by atoms with Gasteiger partial charge in [0.25, 0.3) is 5.91 Å². The van der Waals surface area contributed by atoms with E-state index in [-0.39, 0.29) is 17.2 Å². The summed E-state index contributed by atoms with van der Waals surface area (Å²) in [6.45, 7) is 9.28. The van der Waals surface area contributed by atoms with Crippen molar-refractivity contribution in [3.63, 3.8) is 0 Å². The molecule has 2 amide bonds. The molecule has 1 fully saturated rings. The quantitative estimate of drug-likeness (QED) is 0.279.